The van der Waals surface area contributed by atoms with Crippen molar-refractivity contribution in [2.45, 2.75) is 57.4 Å². The summed E-state index contributed by atoms with van der Waals surface area (Å²) in [5.41, 5.74) is 3.34. The van der Waals surface area contributed by atoms with Gasteiger partial charge in [0.15, 0.2) is 0 Å². The molecule has 0 N–H and O–H groups in total. The molecular formula is C26H28O6S2. The Balaban J connectivity index is 1.61. The molecule has 0 spiro atoms. The molecule has 1 aliphatic heterocycles. The van der Waals surface area contributed by atoms with E-state index in [-0.39, 0.29) is 17.3 Å². The molecule has 180 valence electrons. The van der Waals surface area contributed by atoms with Crippen LogP contribution in [-0.2, 0) is 30.2 Å². The molecule has 0 aliphatic carbocycles. The molecule has 3 heterocycles. The average Bonchev–Trinajstić information content (AvgIpc) is 3.46. The van der Waals surface area contributed by atoms with Gasteiger partial charge in [0, 0.05) is 31.6 Å². The highest BCUT2D eigenvalue weighted by Gasteiger charge is 2.42. The van der Waals surface area contributed by atoms with Gasteiger partial charge in [0.2, 0.25) is 6.29 Å². The minimum Gasteiger partial charge on any atom is -0.464 e. The first-order valence-electron chi connectivity index (χ1n) is 11.1. The van der Waals surface area contributed by atoms with Gasteiger partial charge in [0.25, 0.3) is 0 Å². The van der Waals surface area contributed by atoms with E-state index in [1.165, 1.54) is 29.9 Å². The van der Waals surface area contributed by atoms with Gasteiger partial charge in [-0.05, 0) is 54.1 Å². The summed E-state index contributed by atoms with van der Waals surface area (Å²) in [6, 6.07) is 14.3. The van der Waals surface area contributed by atoms with Crippen LogP contribution in [0.15, 0.2) is 53.1 Å². The largest absolute Gasteiger partial charge is 0.464 e. The predicted molar refractivity (Wildman–Crippen MR) is 133 cm³/mol. The molecule has 6 nitrogen and oxygen atoms in total. The summed E-state index contributed by atoms with van der Waals surface area (Å²) in [6.45, 7) is 4.84. The van der Waals surface area contributed by atoms with Crippen molar-refractivity contribution >= 4 is 35.0 Å². The Morgan fingerprint density at radius 3 is 2.59 bits per heavy atom. The minimum absolute atomic E-state index is 0.126. The Hall–Kier alpha value is -2.55. The molecule has 4 rings (SSSR count). The van der Waals surface area contributed by atoms with E-state index in [1.54, 1.807) is 29.4 Å². The fourth-order valence-electron chi connectivity index (χ4n) is 4.22. The van der Waals surface area contributed by atoms with Crippen molar-refractivity contribution in [1.29, 1.82) is 0 Å². The van der Waals surface area contributed by atoms with Crippen molar-refractivity contribution in [2.75, 3.05) is 6.26 Å². The van der Waals surface area contributed by atoms with E-state index in [4.69, 9.17) is 18.6 Å². The van der Waals surface area contributed by atoms with Crippen LogP contribution in [0.5, 0.6) is 0 Å². The summed E-state index contributed by atoms with van der Waals surface area (Å²) in [5.74, 6) is 0.0803. The van der Waals surface area contributed by atoms with Gasteiger partial charge in [0.1, 0.15) is 18.0 Å². The van der Waals surface area contributed by atoms with Crippen LogP contribution >= 0.6 is 23.1 Å². The topological polar surface area (TPSA) is 75.0 Å². The molecule has 1 aromatic carbocycles. The van der Waals surface area contributed by atoms with E-state index in [0.717, 1.165) is 22.6 Å². The number of carbonyl (C=O) groups is 2. The number of hydrogen-bond donors (Lipinski definition) is 0. The zero-order chi connectivity index (χ0) is 24.2. The first-order valence-corrected chi connectivity index (χ1v) is 13.2. The van der Waals surface area contributed by atoms with E-state index in [2.05, 4.69) is 31.2 Å². The Bertz CT molecular complexity index is 1140. The first kappa shape index (κ1) is 24.6. The maximum absolute atomic E-state index is 11.7. The highest BCUT2D eigenvalue weighted by Crippen LogP contribution is 2.41. The van der Waals surface area contributed by atoms with Gasteiger partial charge in [0.05, 0.1) is 16.4 Å². The molecule has 1 aliphatic rings. The Morgan fingerprint density at radius 1 is 1.12 bits per heavy atom. The Kier molecular flexibility index (Phi) is 7.80. The SMILES string of the molecule is CS[C@H]1C(c2ccc(C)c(Cc3ccc(-c4ccco4)s3)c2)O[C@H](OC(C)=O)C[C@@H]1OC(C)=O. The Labute approximate surface area is 207 Å². The standard InChI is InChI=1S/C26H28O6S2/c1-15-7-8-18(12-19(15)13-20-9-10-23(34-20)21-6-5-11-29-21)25-26(33-4)22(30-16(2)27)14-24(32-25)31-17(3)28/h5-12,22,24-26H,13-14H2,1-4H3/t22-,24-,25?,26+/m0/s1. The zero-order valence-corrected chi connectivity index (χ0v) is 21.2. The number of thioether (sulfide) groups is 1. The summed E-state index contributed by atoms with van der Waals surface area (Å²) in [6.07, 6.45) is 3.16. The lowest BCUT2D eigenvalue weighted by Gasteiger charge is -2.40. The third-order valence-electron chi connectivity index (χ3n) is 5.77. The van der Waals surface area contributed by atoms with Crippen molar-refractivity contribution < 1.29 is 28.2 Å². The quantitative estimate of drug-likeness (QED) is 0.373. The van der Waals surface area contributed by atoms with E-state index in [9.17, 15) is 9.59 Å². The molecule has 0 bridgehead atoms. The van der Waals surface area contributed by atoms with Gasteiger partial charge in [-0.15, -0.1) is 11.3 Å². The average molecular weight is 501 g/mol. The summed E-state index contributed by atoms with van der Waals surface area (Å²) in [4.78, 5) is 25.7. The number of hydrogen-bond acceptors (Lipinski definition) is 8. The molecule has 0 saturated carbocycles. The first-order chi connectivity index (χ1) is 16.3. The monoisotopic (exact) mass is 500 g/mol. The van der Waals surface area contributed by atoms with Crippen molar-refractivity contribution in [3.8, 4) is 10.6 Å². The lowest BCUT2D eigenvalue weighted by molar-refractivity contribution is -0.218. The normalized spacial score (nSPS) is 22.4. The minimum atomic E-state index is -0.770. The maximum Gasteiger partial charge on any atom is 0.304 e. The number of aryl methyl sites for hydroxylation is 1. The fourth-order valence-corrected chi connectivity index (χ4v) is 6.16. The van der Waals surface area contributed by atoms with E-state index in [0.29, 0.717) is 6.42 Å². The number of thiophene rings is 1. The van der Waals surface area contributed by atoms with Gasteiger partial charge in [-0.25, -0.2) is 0 Å². The molecule has 3 aromatic rings. The van der Waals surface area contributed by atoms with Crippen LogP contribution in [0.25, 0.3) is 10.6 Å². The second-order valence-corrected chi connectivity index (χ2v) is 10.5. The van der Waals surface area contributed by atoms with E-state index >= 15 is 0 Å². The number of ether oxygens (including phenoxy) is 3. The van der Waals surface area contributed by atoms with Gasteiger partial charge in [-0.2, -0.15) is 11.8 Å². The molecule has 4 atom stereocenters. The third-order valence-corrected chi connectivity index (χ3v) is 7.96. The molecule has 1 saturated heterocycles. The molecule has 0 amide bonds. The summed E-state index contributed by atoms with van der Waals surface area (Å²) < 4.78 is 22.7. The third kappa shape index (κ3) is 5.74. The molecule has 1 unspecified atom stereocenters. The smallest absolute Gasteiger partial charge is 0.304 e. The summed E-state index contributed by atoms with van der Waals surface area (Å²) >= 11 is 3.30. The van der Waals surface area contributed by atoms with Crippen LogP contribution in [0.4, 0.5) is 0 Å². The van der Waals surface area contributed by atoms with Crippen molar-refractivity contribution in [3.63, 3.8) is 0 Å². The van der Waals surface area contributed by atoms with Crippen molar-refractivity contribution in [3.05, 3.63) is 70.3 Å². The fraction of sp³-hybridized carbons (Fsp3) is 0.385. The van der Waals surface area contributed by atoms with Gasteiger partial charge < -0.3 is 18.6 Å². The molecule has 2 aromatic heterocycles. The molecule has 8 heteroatoms. The second-order valence-electron chi connectivity index (χ2n) is 8.29. The zero-order valence-electron chi connectivity index (χ0n) is 19.6. The van der Waals surface area contributed by atoms with Crippen molar-refractivity contribution in [1.82, 2.24) is 0 Å². The van der Waals surface area contributed by atoms with Crippen LogP contribution in [0.1, 0.15) is 47.9 Å². The van der Waals surface area contributed by atoms with Crippen LogP contribution in [0.3, 0.4) is 0 Å². The number of esters is 2. The van der Waals surface area contributed by atoms with Gasteiger partial charge in [-0.3, -0.25) is 9.59 Å². The highest BCUT2D eigenvalue weighted by atomic mass is 32.2. The van der Waals surface area contributed by atoms with Crippen LogP contribution < -0.4 is 0 Å². The number of furan rings is 1. The van der Waals surface area contributed by atoms with Gasteiger partial charge in [-0.1, -0.05) is 18.2 Å². The second kappa shape index (κ2) is 10.8. The molecule has 34 heavy (non-hydrogen) atoms. The molecular weight excluding hydrogens is 472 g/mol. The van der Waals surface area contributed by atoms with Crippen LogP contribution in [-0.4, -0.2) is 35.8 Å². The maximum atomic E-state index is 11.7. The van der Waals surface area contributed by atoms with E-state index < -0.39 is 18.4 Å². The summed E-state index contributed by atoms with van der Waals surface area (Å²) in [5, 5.41) is -0.126. The lowest BCUT2D eigenvalue weighted by Crippen LogP contribution is -2.45. The predicted octanol–water partition coefficient (Wildman–Crippen LogP) is 5.92. The number of carbonyl (C=O) groups excluding carboxylic acids is 2. The molecule has 0 radical (unpaired) electrons. The summed E-state index contributed by atoms with van der Waals surface area (Å²) in [7, 11) is 0. The highest BCUT2D eigenvalue weighted by molar-refractivity contribution is 7.99. The number of benzene rings is 1. The number of rotatable bonds is 7. The molecule has 1 fully saturated rings. The lowest BCUT2D eigenvalue weighted by atomic mass is 9.93. The van der Waals surface area contributed by atoms with Crippen LogP contribution in [0.2, 0.25) is 0 Å². The van der Waals surface area contributed by atoms with Crippen molar-refractivity contribution in [2.24, 2.45) is 0 Å². The van der Waals surface area contributed by atoms with E-state index in [1.807, 2.05) is 24.5 Å². The Morgan fingerprint density at radius 2 is 1.91 bits per heavy atom. The van der Waals surface area contributed by atoms with Crippen LogP contribution in [0, 0.1) is 6.92 Å². The van der Waals surface area contributed by atoms with Gasteiger partial charge >= 0.3 is 11.9 Å².